The number of aliphatic hydroxyl groups is 1. The van der Waals surface area contributed by atoms with Crippen molar-refractivity contribution in [1.82, 2.24) is 0 Å². The van der Waals surface area contributed by atoms with Crippen molar-refractivity contribution < 1.29 is 9.90 Å². The fourth-order valence-electron chi connectivity index (χ4n) is 1.64. The maximum Gasteiger partial charge on any atom is 0.163 e. The highest BCUT2D eigenvalue weighted by molar-refractivity contribution is 5.92. The van der Waals surface area contributed by atoms with Gasteiger partial charge in [-0.05, 0) is 19.3 Å². The van der Waals surface area contributed by atoms with Gasteiger partial charge in [-0.25, -0.2) is 0 Å². The van der Waals surface area contributed by atoms with Gasteiger partial charge in [0.25, 0.3) is 0 Å². The lowest BCUT2D eigenvalue weighted by molar-refractivity contribution is -0.118. The Morgan fingerprint density at radius 2 is 1.75 bits per heavy atom. The van der Waals surface area contributed by atoms with Crippen molar-refractivity contribution in [3.63, 3.8) is 0 Å². The summed E-state index contributed by atoms with van der Waals surface area (Å²) in [6.45, 7) is 5.84. The van der Waals surface area contributed by atoms with Crippen LogP contribution < -0.4 is 0 Å². The molecule has 0 aromatic rings. The Morgan fingerprint density at radius 3 is 2.12 bits per heavy atom. The molecule has 0 aliphatic rings. The fraction of sp³-hybridized carbons (Fsp3) is 0.692. The van der Waals surface area contributed by atoms with Crippen molar-refractivity contribution in [2.24, 2.45) is 11.8 Å². The van der Waals surface area contributed by atoms with Crippen molar-refractivity contribution >= 4 is 5.78 Å². The molecule has 0 heterocycles. The van der Waals surface area contributed by atoms with Gasteiger partial charge in [-0.1, -0.05) is 20.8 Å². The van der Waals surface area contributed by atoms with Gasteiger partial charge in [-0.3, -0.25) is 4.79 Å². The minimum absolute atomic E-state index is 0.0588. The van der Waals surface area contributed by atoms with Crippen LogP contribution in [-0.4, -0.2) is 10.9 Å². The summed E-state index contributed by atoms with van der Waals surface area (Å²) in [6, 6.07) is 2.00. The van der Waals surface area contributed by atoms with Crippen LogP contribution in [0.15, 0.2) is 11.8 Å². The summed E-state index contributed by atoms with van der Waals surface area (Å²) < 4.78 is 0. The van der Waals surface area contributed by atoms with E-state index in [1.807, 2.05) is 26.8 Å². The maximum absolute atomic E-state index is 11.7. The molecule has 0 bridgehead atoms. The van der Waals surface area contributed by atoms with Crippen LogP contribution in [0.5, 0.6) is 0 Å². The Hall–Kier alpha value is -1.30. The van der Waals surface area contributed by atoms with Crippen molar-refractivity contribution in [2.75, 3.05) is 0 Å². The maximum atomic E-state index is 11.7. The summed E-state index contributed by atoms with van der Waals surface area (Å²) >= 11 is 0. The Balaban J connectivity index is 4.61. The van der Waals surface area contributed by atoms with Gasteiger partial charge in [-0.2, -0.15) is 5.26 Å². The van der Waals surface area contributed by atoms with E-state index in [0.717, 1.165) is 12.8 Å². The van der Waals surface area contributed by atoms with Crippen LogP contribution in [0.1, 0.15) is 46.5 Å². The van der Waals surface area contributed by atoms with Gasteiger partial charge < -0.3 is 5.11 Å². The Bertz CT molecular complexity index is 285. The van der Waals surface area contributed by atoms with E-state index in [9.17, 15) is 9.90 Å². The standard InChI is InChI=1S/C13H21NO2/c1-4-10(5-2)12(15)9-13(16)11(6-3)7-8-14/h9-11,15H,4-7H2,1-3H3/b12-9-. The quantitative estimate of drug-likeness (QED) is 0.531. The molecule has 0 aliphatic heterocycles. The predicted octanol–water partition coefficient (Wildman–Crippen LogP) is 3.37. The second-order valence-corrected chi connectivity index (χ2v) is 3.95. The number of carbonyl (C=O) groups excluding carboxylic acids is 1. The van der Waals surface area contributed by atoms with Gasteiger partial charge in [0.1, 0.15) is 0 Å². The predicted molar refractivity (Wildman–Crippen MR) is 63.8 cm³/mol. The number of allylic oxidation sites excluding steroid dienone is 2. The van der Waals surface area contributed by atoms with Crippen LogP contribution in [-0.2, 0) is 4.79 Å². The Morgan fingerprint density at radius 1 is 1.25 bits per heavy atom. The molecule has 3 nitrogen and oxygen atoms in total. The lowest BCUT2D eigenvalue weighted by Gasteiger charge is -2.12. The number of rotatable bonds is 7. The smallest absolute Gasteiger partial charge is 0.163 e. The number of aliphatic hydroxyl groups excluding tert-OH is 1. The molecule has 1 unspecified atom stereocenters. The lowest BCUT2D eigenvalue weighted by atomic mass is 9.94. The molecule has 0 saturated carbocycles. The summed E-state index contributed by atoms with van der Waals surface area (Å²) in [4.78, 5) is 11.7. The van der Waals surface area contributed by atoms with Crippen molar-refractivity contribution in [3.8, 4) is 6.07 Å². The monoisotopic (exact) mass is 223 g/mol. The lowest BCUT2D eigenvalue weighted by Crippen LogP contribution is -2.13. The van der Waals surface area contributed by atoms with E-state index in [0.29, 0.717) is 6.42 Å². The second kappa shape index (κ2) is 7.92. The van der Waals surface area contributed by atoms with Gasteiger partial charge in [-0.15, -0.1) is 0 Å². The van der Waals surface area contributed by atoms with Gasteiger partial charge in [0.05, 0.1) is 11.8 Å². The molecule has 0 rings (SSSR count). The van der Waals surface area contributed by atoms with Gasteiger partial charge in [0.15, 0.2) is 5.78 Å². The van der Waals surface area contributed by atoms with E-state index >= 15 is 0 Å². The Labute approximate surface area is 97.8 Å². The largest absolute Gasteiger partial charge is 0.512 e. The zero-order valence-electron chi connectivity index (χ0n) is 10.4. The molecular weight excluding hydrogens is 202 g/mol. The van der Waals surface area contributed by atoms with E-state index in [1.54, 1.807) is 0 Å². The summed E-state index contributed by atoms with van der Waals surface area (Å²) in [7, 11) is 0. The zero-order valence-corrected chi connectivity index (χ0v) is 10.4. The Kier molecular flexibility index (Phi) is 7.28. The molecule has 1 N–H and O–H groups in total. The average molecular weight is 223 g/mol. The highest BCUT2D eigenvalue weighted by Crippen LogP contribution is 2.18. The van der Waals surface area contributed by atoms with E-state index in [1.165, 1.54) is 6.08 Å². The van der Waals surface area contributed by atoms with Crippen molar-refractivity contribution in [1.29, 1.82) is 5.26 Å². The van der Waals surface area contributed by atoms with Crippen LogP contribution in [0, 0.1) is 23.2 Å². The minimum Gasteiger partial charge on any atom is -0.512 e. The first-order valence-electron chi connectivity index (χ1n) is 5.91. The zero-order chi connectivity index (χ0) is 12.6. The third-order valence-electron chi connectivity index (χ3n) is 2.93. The van der Waals surface area contributed by atoms with Crippen LogP contribution in [0.4, 0.5) is 0 Å². The molecule has 90 valence electrons. The second-order valence-electron chi connectivity index (χ2n) is 3.95. The number of hydrogen-bond acceptors (Lipinski definition) is 3. The summed E-state index contributed by atoms with van der Waals surface area (Å²) in [5, 5.41) is 18.3. The number of nitrogens with zero attached hydrogens (tertiary/aromatic N) is 1. The molecule has 16 heavy (non-hydrogen) atoms. The molecule has 3 heteroatoms. The summed E-state index contributed by atoms with van der Waals surface area (Å²) in [6.07, 6.45) is 3.81. The molecule has 0 radical (unpaired) electrons. The third kappa shape index (κ3) is 4.48. The first-order valence-corrected chi connectivity index (χ1v) is 5.91. The molecule has 0 aromatic carbocycles. The first kappa shape index (κ1) is 14.7. The van der Waals surface area contributed by atoms with Gasteiger partial charge in [0, 0.05) is 24.3 Å². The molecule has 0 aliphatic carbocycles. The SMILES string of the molecule is CCC(CC#N)C(=O)/C=C(\O)C(CC)CC. The van der Waals surface area contributed by atoms with E-state index in [2.05, 4.69) is 0 Å². The molecule has 0 amide bonds. The minimum atomic E-state index is -0.276. The van der Waals surface area contributed by atoms with Crippen molar-refractivity contribution in [3.05, 3.63) is 11.8 Å². The summed E-state index contributed by atoms with van der Waals surface area (Å²) in [5.41, 5.74) is 0. The number of ketones is 1. The van der Waals surface area contributed by atoms with Crippen molar-refractivity contribution in [2.45, 2.75) is 46.5 Å². The van der Waals surface area contributed by atoms with Crippen LogP contribution in [0.3, 0.4) is 0 Å². The van der Waals surface area contributed by atoms with Gasteiger partial charge in [0.2, 0.25) is 0 Å². The van der Waals surface area contributed by atoms with E-state index in [4.69, 9.17) is 5.26 Å². The molecule has 0 spiro atoms. The number of nitriles is 1. The number of hydrogen-bond donors (Lipinski definition) is 1. The molecule has 0 saturated heterocycles. The first-order chi connectivity index (χ1) is 7.60. The molecular formula is C13H21NO2. The normalized spacial score (nSPS) is 13.6. The molecule has 1 atom stereocenters. The number of carbonyl (C=O) groups is 1. The van der Waals surface area contributed by atoms with Crippen LogP contribution in [0.25, 0.3) is 0 Å². The average Bonchev–Trinajstić information content (AvgIpc) is 2.27. The summed E-state index contributed by atoms with van der Waals surface area (Å²) in [5.74, 6) is -0.190. The topological polar surface area (TPSA) is 61.1 Å². The van der Waals surface area contributed by atoms with E-state index < -0.39 is 0 Å². The van der Waals surface area contributed by atoms with E-state index in [-0.39, 0.29) is 29.8 Å². The molecule has 0 aromatic heterocycles. The molecule has 0 fully saturated rings. The highest BCUT2D eigenvalue weighted by Gasteiger charge is 2.17. The highest BCUT2D eigenvalue weighted by atomic mass is 16.3. The fourth-order valence-corrected chi connectivity index (χ4v) is 1.64. The van der Waals surface area contributed by atoms with Crippen LogP contribution in [0.2, 0.25) is 0 Å². The van der Waals surface area contributed by atoms with Crippen LogP contribution >= 0.6 is 0 Å². The van der Waals surface area contributed by atoms with Gasteiger partial charge >= 0.3 is 0 Å². The third-order valence-corrected chi connectivity index (χ3v) is 2.93.